The highest BCUT2D eigenvalue weighted by Crippen LogP contribution is 2.51. The number of para-hydroxylation sites is 2. The summed E-state index contributed by atoms with van der Waals surface area (Å²) in [4.78, 5) is 15.6. The topological polar surface area (TPSA) is 33.5 Å². The average molecular weight is 660 g/mol. The molecule has 8 aromatic rings. The van der Waals surface area contributed by atoms with Crippen molar-refractivity contribution < 1.29 is 9.21 Å². The van der Waals surface area contributed by atoms with Gasteiger partial charge in [0, 0.05) is 44.4 Å². The number of rotatable bonds is 6. The van der Waals surface area contributed by atoms with Crippen molar-refractivity contribution in [1.82, 2.24) is 0 Å². The quantitative estimate of drug-likeness (QED) is 0.167. The third-order valence-corrected chi connectivity index (χ3v) is 10.7. The number of anilines is 3. The Hall–Kier alpha value is -6.19. The molecule has 0 saturated heterocycles. The van der Waals surface area contributed by atoms with Crippen molar-refractivity contribution in [2.75, 3.05) is 4.90 Å². The third kappa shape index (κ3) is 4.92. The van der Waals surface area contributed by atoms with Crippen LogP contribution in [-0.4, -0.2) is 5.78 Å². The van der Waals surface area contributed by atoms with E-state index >= 15 is 0 Å². The largest absolute Gasteiger partial charge is 0.455 e. The molecule has 1 aromatic heterocycles. The first-order valence-corrected chi connectivity index (χ1v) is 17.6. The molecule has 1 aliphatic carbocycles. The number of carbonyl (C=O) groups excluding carboxylic acids is 1. The van der Waals surface area contributed by atoms with Crippen LogP contribution < -0.4 is 4.90 Å². The van der Waals surface area contributed by atoms with Crippen LogP contribution in [0.5, 0.6) is 0 Å². The lowest BCUT2D eigenvalue weighted by atomic mass is 9.82. The minimum absolute atomic E-state index is 0.0369. The number of benzene rings is 7. The highest BCUT2D eigenvalue weighted by atomic mass is 16.3. The van der Waals surface area contributed by atoms with Crippen LogP contribution in [-0.2, 0) is 5.41 Å². The van der Waals surface area contributed by atoms with Gasteiger partial charge in [-0.2, -0.15) is 0 Å². The molecule has 246 valence electrons. The molecule has 0 unspecified atom stereocenters. The molecule has 0 amide bonds. The highest BCUT2D eigenvalue weighted by Gasteiger charge is 2.35. The molecule has 1 aliphatic rings. The first kappa shape index (κ1) is 30.8. The normalized spacial score (nSPS) is 12.9. The fourth-order valence-electron chi connectivity index (χ4n) is 8.12. The van der Waals surface area contributed by atoms with E-state index in [1.807, 2.05) is 24.3 Å². The summed E-state index contributed by atoms with van der Waals surface area (Å²) in [5, 5.41) is 2.23. The number of Topliss-reactive ketones (excluding diaryl/α,β-unsaturated/α-hetero) is 1. The van der Waals surface area contributed by atoms with E-state index in [0.29, 0.717) is 5.56 Å². The van der Waals surface area contributed by atoms with Gasteiger partial charge >= 0.3 is 0 Å². The summed E-state index contributed by atoms with van der Waals surface area (Å²) in [7, 11) is 0. The standard InChI is InChI=1S/C48H37NO2/c1-30-12-5-6-13-36(30)38-26-24-34(28-43(38)31(2)50)49(35-25-27-40-39-14-7-9-18-44(39)48(3,4)45(40)29-35)33-22-20-32(21-23-33)37-16-11-17-42-41-15-8-10-19-46(41)51-47(37)42/h5-29H,1-4H3. The monoisotopic (exact) mass is 659 g/mol. The van der Waals surface area contributed by atoms with Crippen LogP contribution >= 0.6 is 0 Å². The van der Waals surface area contributed by atoms with Gasteiger partial charge in [0.2, 0.25) is 0 Å². The Morgan fingerprint density at radius 3 is 1.94 bits per heavy atom. The molecule has 3 nitrogen and oxygen atoms in total. The van der Waals surface area contributed by atoms with Gasteiger partial charge in [-0.1, -0.05) is 123 Å². The Morgan fingerprint density at radius 2 is 1.16 bits per heavy atom. The molecule has 51 heavy (non-hydrogen) atoms. The number of ketones is 1. The number of aryl methyl sites for hydroxylation is 1. The third-order valence-electron chi connectivity index (χ3n) is 10.7. The Balaban J connectivity index is 1.21. The van der Waals surface area contributed by atoms with Crippen molar-refractivity contribution in [3.8, 4) is 33.4 Å². The Labute approximate surface area is 298 Å². The smallest absolute Gasteiger partial charge is 0.160 e. The Bertz CT molecular complexity index is 2660. The Morgan fingerprint density at radius 1 is 0.549 bits per heavy atom. The average Bonchev–Trinajstić information content (AvgIpc) is 3.64. The van der Waals surface area contributed by atoms with Crippen molar-refractivity contribution in [1.29, 1.82) is 0 Å². The molecule has 3 heteroatoms. The van der Waals surface area contributed by atoms with Gasteiger partial charge in [0.1, 0.15) is 11.2 Å². The predicted octanol–water partition coefficient (Wildman–Crippen LogP) is 13.2. The summed E-state index contributed by atoms with van der Waals surface area (Å²) in [6.45, 7) is 8.37. The molecule has 9 rings (SSSR count). The zero-order chi connectivity index (χ0) is 34.9. The maximum absolute atomic E-state index is 13.3. The van der Waals surface area contributed by atoms with Gasteiger partial charge in [-0.05, 0) is 101 Å². The molecule has 0 bridgehead atoms. The zero-order valence-electron chi connectivity index (χ0n) is 29.2. The number of furan rings is 1. The van der Waals surface area contributed by atoms with E-state index in [2.05, 4.69) is 153 Å². The van der Waals surface area contributed by atoms with Crippen LogP contribution in [0.15, 0.2) is 156 Å². The summed E-state index contributed by atoms with van der Waals surface area (Å²) in [6.07, 6.45) is 0. The van der Waals surface area contributed by atoms with Crippen LogP contribution in [0.1, 0.15) is 47.8 Å². The second-order valence-corrected chi connectivity index (χ2v) is 14.2. The van der Waals surface area contributed by atoms with Crippen molar-refractivity contribution >= 4 is 44.8 Å². The summed E-state index contributed by atoms with van der Waals surface area (Å²) in [5.74, 6) is 0.0369. The summed E-state index contributed by atoms with van der Waals surface area (Å²) in [6, 6.07) is 53.3. The van der Waals surface area contributed by atoms with Crippen LogP contribution in [0.4, 0.5) is 17.1 Å². The van der Waals surface area contributed by atoms with Crippen molar-refractivity contribution in [2.45, 2.75) is 33.1 Å². The number of hydrogen-bond donors (Lipinski definition) is 0. The lowest BCUT2D eigenvalue weighted by Gasteiger charge is -2.29. The molecule has 0 fully saturated rings. The summed E-state index contributed by atoms with van der Waals surface area (Å²) < 4.78 is 6.39. The first-order valence-electron chi connectivity index (χ1n) is 17.6. The van der Waals surface area contributed by atoms with E-state index < -0.39 is 0 Å². The molecule has 0 aliphatic heterocycles. The molecule has 7 aromatic carbocycles. The van der Waals surface area contributed by atoms with Gasteiger partial charge in [0.15, 0.2) is 5.78 Å². The van der Waals surface area contributed by atoms with E-state index in [0.717, 1.165) is 66.8 Å². The lowest BCUT2D eigenvalue weighted by molar-refractivity contribution is 0.101. The minimum atomic E-state index is -0.151. The maximum Gasteiger partial charge on any atom is 0.160 e. The van der Waals surface area contributed by atoms with Crippen LogP contribution in [0.3, 0.4) is 0 Å². The highest BCUT2D eigenvalue weighted by molar-refractivity contribution is 6.09. The van der Waals surface area contributed by atoms with E-state index in [1.165, 1.54) is 22.3 Å². The van der Waals surface area contributed by atoms with E-state index in [4.69, 9.17) is 4.42 Å². The van der Waals surface area contributed by atoms with Crippen molar-refractivity contribution in [2.24, 2.45) is 0 Å². The number of hydrogen-bond acceptors (Lipinski definition) is 3. The second kappa shape index (κ2) is 11.7. The van der Waals surface area contributed by atoms with Crippen molar-refractivity contribution in [3.63, 3.8) is 0 Å². The summed E-state index contributed by atoms with van der Waals surface area (Å²) in [5.41, 5.74) is 15.8. The fourth-order valence-corrected chi connectivity index (χ4v) is 8.12. The molecule has 0 saturated carbocycles. The fraction of sp³-hybridized carbons (Fsp3) is 0.104. The van der Waals surface area contributed by atoms with E-state index in [1.54, 1.807) is 6.92 Å². The number of carbonyl (C=O) groups is 1. The van der Waals surface area contributed by atoms with Gasteiger partial charge in [0.25, 0.3) is 0 Å². The SMILES string of the molecule is CC(=O)c1cc(N(c2ccc(-c3cccc4c3oc3ccccc34)cc2)c2ccc3c(c2)C(C)(C)c2ccccc2-3)ccc1-c1ccccc1C. The molecule has 1 heterocycles. The van der Waals surface area contributed by atoms with Gasteiger partial charge in [-0.3, -0.25) is 4.79 Å². The molecular weight excluding hydrogens is 623 g/mol. The molecule has 0 spiro atoms. The number of nitrogens with zero attached hydrogens (tertiary/aromatic N) is 1. The molecule has 0 N–H and O–H groups in total. The summed E-state index contributed by atoms with van der Waals surface area (Å²) >= 11 is 0. The van der Waals surface area contributed by atoms with Crippen LogP contribution in [0.2, 0.25) is 0 Å². The minimum Gasteiger partial charge on any atom is -0.455 e. The van der Waals surface area contributed by atoms with Crippen molar-refractivity contribution in [3.05, 3.63) is 174 Å². The van der Waals surface area contributed by atoms with Gasteiger partial charge in [-0.15, -0.1) is 0 Å². The van der Waals surface area contributed by atoms with Gasteiger partial charge in [0.05, 0.1) is 0 Å². The van der Waals surface area contributed by atoms with E-state index in [9.17, 15) is 4.79 Å². The maximum atomic E-state index is 13.3. The van der Waals surface area contributed by atoms with E-state index in [-0.39, 0.29) is 11.2 Å². The molecular formula is C48H37NO2. The van der Waals surface area contributed by atoms with Crippen LogP contribution in [0, 0.1) is 6.92 Å². The predicted molar refractivity (Wildman–Crippen MR) is 212 cm³/mol. The second-order valence-electron chi connectivity index (χ2n) is 14.2. The number of fused-ring (bicyclic) bond motifs is 6. The van der Waals surface area contributed by atoms with Crippen LogP contribution in [0.25, 0.3) is 55.3 Å². The van der Waals surface area contributed by atoms with Gasteiger partial charge < -0.3 is 9.32 Å². The molecule has 0 atom stereocenters. The first-order chi connectivity index (χ1) is 24.8. The lowest BCUT2D eigenvalue weighted by Crippen LogP contribution is -2.16. The Kier molecular flexibility index (Phi) is 7.08. The van der Waals surface area contributed by atoms with Gasteiger partial charge in [-0.25, -0.2) is 0 Å². The zero-order valence-corrected chi connectivity index (χ0v) is 29.2. The molecule has 0 radical (unpaired) electrons.